The lowest BCUT2D eigenvalue weighted by atomic mass is 10.2. The molecule has 7 heteroatoms. The maximum atomic E-state index is 12.3. The summed E-state index contributed by atoms with van der Waals surface area (Å²) in [7, 11) is -1.66. The van der Waals surface area contributed by atoms with Gasteiger partial charge in [-0.2, -0.15) is 0 Å². The molecular weight excluding hydrogens is 390 g/mol. The van der Waals surface area contributed by atoms with Crippen LogP contribution in [-0.4, -0.2) is 33.7 Å². The highest BCUT2D eigenvalue weighted by molar-refractivity contribution is 9.10. The van der Waals surface area contributed by atoms with Gasteiger partial charge in [0.05, 0.1) is 10.6 Å². The molecule has 5 nitrogen and oxygen atoms in total. The Balaban J connectivity index is 1.84. The van der Waals surface area contributed by atoms with E-state index in [0.29, 0.717) is 17.4 Å². The minimum atomic E-state index is -3.31. The minimum absolute atomic E-state index is 0.000664. The molecule has 0 saturated carbocycles. The molecule has 0 aliphatic heterocycles. The summed E-state index contributed by atoms with van der Waals surface area (Å²) in [5, 5.41) is 6.18. The molecule has 2 rings (SSSR count). The van der Waals surface area contributed by atoms with Gasteiger partial charge in [-0.25, -0.2) is 8.42 Å². The fourth-order valence-electron chi connectivity index (χ4n) is 2.07. The molecule has 24 heavy (non-hydrogen) atoms. The van der Waals surface area contributed by atoms with E-state index in [4.69, 9.17) is 0 Å². The van der Waals surface area contributed by atoms with Crippen LogP contribution in [0, 0.1) is 0 Å². The van der Waals surface area contributed by atoms with Crippen molar-refractivity contribution in [3.63, 3.8) is 0 Å². The Hall–Kier alpha value is -1.86. The van der Waals surface area contributed by atoms with Crippen molar-refractivity contribution in [3.8, 4) is 0 Å². The van der Waals surface area contributed by atoms with Gasteiger partial charge in [0.2, 0.25) is 0 Å². The van der Waals surface area contributed by atoms with Crippen LogP contribution < -0.4 is 10.6 Å². The summed E-state index contributed by atoms with van der Waals surface area (Å²) < 4.78 is 25.4. The van der Waals surface area contributed by atoms with Gasteiger partial charge in [-0.1, -0.05) is 46.3 Å². The zero-order valence-electron chi connectivity index (χ0n) is 13.4. The normalized spacial score (nSPS) is 12.0. The van der Waals surface area contributed by atoms with Crippen molar-refractivity contribution < 1.29 is 8.42 Å². The summed E-state index contributed by atoms with van der Waals surface area (Å²) in [6, 6.07) is 16.6. The van der Waals surface area contributed by atoms with E-state index in [9.17, 15) is 8.42 Å². The minimum Gasteiger partial charge on any atom is -0.355 e. The van der Waals surface area contributed by atoms with Crippen LogP contribution in [0.3, 0.4) is 0 Å². The van der Waals surface area contributed by atoms with E-state index >= 15 is 0 Å². The van der Waals surface area contributed by atoms with E-state index in [1.165, 1.54) is 0 Å². The van der Waals surface area contributed by atoms with Gasteiger partial charge in [0.1, 0.15) is 0 Å². The van der Waals surface area contributed by atoms with E-state index in [1.54, 1.807) is 31.3 Å². The summed E-state index contributed by atoms with van der Waals surface area (Å²) in [6.45, 7) is 0.910. The Morgan fingerprint density at radius 3 is 2.33 bits per heavy atom. The number of hydrogen-bond acceptors (Lipinski definition) is 3. The maximum absolute atomic E-state index is 12.3. The fraction of sp³-hybridized carbons (Fsp3) is 0.235. The number of hydrogen-bond donors (Lipinski definition) is 2. The molecule has 0 aromatic heterocycles. The summed E-state index contributed by atoms with van der Waals surface area (Å²) in [6.07, 6.45) is 0. The topological polar surface area (TPSA) is 70.6 Å². The fourth-order valence-corrected chi connectivity index (χ4v) is 3.49. The van der Waals surface area contributed by atoms with E-state index in [1.807, 2.05) is 30.3 Å². The molecule has 0 fully saturated rings. The first-order valence-corrected chi connectivity index (χ1v) is 9.92. The third-order valence-corrected chi connectivity index (χ3v) is 5.62. The molecule has 2 aromatic rings. The first kappa shape index (κ1) is 18.5. The first-order valence-electron chi connectivity index (χ1n) is 7.48. The smallest absolute Gasteiger partial charge is 0.191 e. The van der Waals surface area contributed by atoms with Crippen LogP contribution >= 0.6 is 15.9 Å². The lowest BCUT2D eigenvalue weighted by molar-refractivity contribution is 0.594. The number of aliphatic imine (C=N–C) groups is 1. The highest BCUT2D eigenvalue weighted by Gasteiger charge is 2.14. The summed E-state index contributed by atoms with van der Waals surface area (Å²) in [5.41, 5.74) is 1.13. The van der Waals surface area contributed by atoms with Crippen molar-refractivity contribution in [1.82, 2.24) is 10.6 Å². The van der Waals surface area contributed by atoms with Crippen molar-refractivity contribution in [3.05, 3.63) is 64.6 Å². The number of rotatable bonds is 6. The molecule has 0 heterocycles. The Morgan fingerprint density at radius 1 is 1.04 bits per heavy atom. The predicted octanol–water partition coefficient (Wildman–Crippen LogP) is 2.59. The largest absolute Gasteiger partial charge is 0.355 e. The Morgan fingerprint density at radius 2 is 1.71 bits per heavy atom. The molecule has 0 saturated heterocycles. The van der Waals surface area contributed by atoms with Crippen LogP contribution in [0.25, 0.3) is 0 Å². The van der Waals surface area contributed by atoms with Crippen molar-refractivity contribution >= 4 is 31.7 Å². The predicted molar refractivity (Wildman–Crippen MR) is 101 cm³/mol. The monoisotopic (exact) mass is 409 g/mol. The van der Waals surface area contributed by atoms with Crippen LogP contribution in [0.5, 0.6) is 0 Å². The average Bonchev–Trinajstić information content (AvgIpc) is 2.59. The molecule has 2 aromatic carbocycles. The lowest BCUT2D eigenvalue weighted by Gasteiger charge is -2.12. The number of guanidine groups is 1. The van der Waals surface area contributed by atoms with Crippen molar-refractivity contribution in [1.29, 1.82) is 0 Å². The third-order valence-electron chi connectivity index (χ3n) is 3.36. The van der Waals surface area contributed by atoms with Crippen LogP contribution in [0.1, 0.15) is 5.56 Å². The molecule has 0 spiro atoms. The molecule has 0 aliphatic carbocycles. The van der Waals surface area contributed by atoms with Crippen LogP contribution in [-0.2, 0) is 16.4 Å². The second-order valence-corrected chi connectivity index (χ2v) is 8.14. The maximum Gasteiger partial charge on any atom is 0.191 e. The standard InChI is InChI=1S/C17H20BrN3O2S/c1-19-17(21-13-14-5-3-2-4-6-14)20-11-12-24(22,23)16-9-7-15(18)8-10-16/h2-10H,11-13H2,1H3,(H2,19,20,21). The second kappa shape index (κ2) is 8.84. The molecule has 0 aliphatic rings. The van der Waals surface area contributed by atoms with Gasteiger partial charge < -0.3 is 10.6 Å². The Labute approximate surface area is 151 Å². The number of halogens is 1. The molecular formula is C17H20BrN3O2S. The quantitative estimate of drug-likeness (QED) is 0.568. The Kier molecular flexibility index (Phi) is 6.81. The van der Waals surface area contributed by atoms with Crippen molar-refractivity contribution in [2.45, 2.75) is 11.4 Å². The van der Waals surface area contributed by atoms with E-state index < -0.39 is 9.84 Å². The van der Waals surface area contributed by atoms with E-state index in [2.05, 4.69) is 31.6 Å². The summed E-state index contributed by atoms with van der Waals surface area (Å²) in [4.78, 5) is 4.42. The van der Waals surface area contributed by atoms with Crippen LogP contribution in [0.4, 0.5) is 0 Å². The molecule has 0 unspecified atom stereocenters. The molecule has 0 bridgehead atoms. The number of nitrogens with zero attached hydrogens (tertiary/aromatic N) is 1. The molecule has 0 amide bonds. The number of sulfone groups is 1. The average molecular weight is 410 g/mol. The Bertz CT molecular complexity index is 775. The van der Waals surface area contributed by atoms with Gasteiger partial charge in [-0.05, 0) is 29.8 Å². The lowest BCUT2D eigenvalue weighted by Crippen LogP contribution is -2.39. The van der Waals surface area contributed by atoms with Crippen LogP contribution in [0.15, 0.2) is 69.0 Å². The zero-order valence-corrected chi connectivity index (χ0v) is 15.8. The second-order valence-electron chi connectivity index (χ2n) is 5.11. The summed E-state index contributed by atoms with van der Waals surface area (Å²) >= 11 is 3.30. The highest BCUT2D eigenvalue weighted by atomic mass is 79.9. The van der Waals surface area contributed by atoms with E-state index in [-0.39, 0.29) is 12.3 Å². The molecule has 2 N–H and O–H groups in total. The summed E-state index contributed by atoms with van der Waals surface area (Å²) in [5.74, 6) is 0.575. The van der Waals surface area contributed by atoms with Gasteiger partial charge in [0.15, 0.2) is 15.8 Å². The molecule has 128 valence electrons. The van der Waals surface area contributed by atoms with Crippen LogP contribution in [0.2, 0.25) is 0 Å². The highest BCUT2D eigenvalue weighted by Crippen LogP contribution is 2.15. The van der Waals surface area contributed by atoms with Gasteiger partial charge >= 0.3 is 0 Å². The van der Waals surface area contributed by atoms with E-state index in [0.717, 1.165) is 10.0 Å². The molecule has 0 radical (unpaired) electrons. The number of nitrogens with one attached hydrogen (secondary N) is 2. The van der Waals surface area contributed by atoms with Gasteiger partial charge in [-0.3, -0.25) is 4.99 Å². The van der Waals surface area contributed by atoms with Crippen molar-refractivity contribution in [2.75, 3.05) is 19.3 Å². The number of benzene rings is 2. The van der Waals surface area contributed by atoms with Gasteiger partial charge in [0.25, 0.3) is 0 Å². The zero-order chi connectivity index (χ0) is 17.4. The first-order chi connectivity index (χ1) is 11.5. The third kappa shape index (κ3) is 5.65. The SMILES string of the molecule is CN=C(NCCS(=O)(=O)c1ccc(Br)cc1)NCc1ccccc1. The molecule has 0 atom stereocenters. The van der Waals surface area contributed by atoms with Gasteiger partial charge in [-0.15, -0.1) is 0 Å². The van der Waals surface area contributed by atoms with Gasteiger partial charge in [0, 0.05) is 24.6 Å². The van der Waals surface area contributed by atoms with Crippen molar-refractivity contribution in [2.24, 2.45) is 4.99 Å².